The largest absolute Gasteiger partial charge is 0.497 e. The number of amides is 1. The molecule has 1 heterocycles. The molecule has 8 heteroatoms. The Kier molecular flexibility index (Phi) is 8.09. The van der Waals surface area contributed by atoms with Crippen LogP contribution in [0.1, 0.15) is 45.7 Å². The van der Waals surface area contributed by atoms with Crippen LogP contribution in [0.4, 0.5) is 4.79 Å². The molecular formula is C30H41NO6Si. The van der Waals surface area contributed by atoms with Crippen molar-refractivity contribution in [1.29, 1.82) is 0 Å². The minimum absolute atomic E-state index is 0.0351. The first-order valence-corrected chi connectivity index (χ1v) is 16.1. The number of nitrogens with one attached hydrogen (secondary N) is 1. The molecule has 1 aliphatic carbocycles. The van der Waals surface area contributed by atoms with E-state index in [1.807, 2.05) is 74.5 Å². The quantitative estimate of drug-likeness (QED) is 0.416. The fourth-order valence-electron chi connectivity index (χ4n) is 4.60. The molecule has 1 fully saturated rings. The zero-order valence-corrected chi connectivity index (χ0v) is 24.7. The van der Waals surface area contributed by atoms with Gasteiger partial charge in [-0.3, -0.25) is 0 Å². The topological polar surface area (TPSA) is 75.3 Å². The lowest BCUT2D eigenvalue weighted by Crippen LogP contribution is -2.59. The summed E-state index contributed by atoms with van der Waals surface area (Å²) >= 11 is 0. The van der Waals surface area contributed by atoms with Gasteiger partial charge in [0.25, 0.3) is 0 Å². The molecule has 2 aromatic carbocycles. The number of methoxy groups -OCH3 is 1. The van der Waals surface area contributed by atoms with Crippen molar-refractivity contribution in [1.82, 2.24) is 5.32 Å². The van der Waals surface area contributed by atoms with E-state index < -0.39 is 38.4 Å². The maximum Gasteiger partial charge on any atom is 0.408 e. The molecule has 2 aliphatic rings. The second kappa shape index (κ2) is 10.8. The molecule has 0 radical (unpaired) electrons. The highest BCUT2D eigenvalue weighted by molar-refractivity contribution is 6.74. The van der Waals surface area contributed by atoms with E-state index in [0.29, 0.717) is 0 Å². The van der Waals surface area contributed by atoms with E-state index in [4.69, 9.17) is 23.4 Å². The van der Waals surface area contributed by atoms with Gasteiger partial charge in [-0.1, -0.05) is 69.3 Å². The SMILES string of the molecule is COc1cccc(C2=C[C@@H](NC(=O)OCc3ccccc3)[C@@H](O[Si](C)(C)C(C)(C)C)[C@@H]3OC(C)(C)O[C@H]23)c1. The van der Waals surface area contributed by atoms with Crippen LogP contribution < -0.4 is 10.1 Å². The lowest BCUT2D eigenvalue weighted by Gasteiger charge is -2.45. The van der Waals surface area contributed by atoms with Gasteiger partial charge in [-0.25, -0.2) is 4.79 Å². The summed E-state index contributed by atoms with van der Waals surface area (Å²) < 4.78 is 30.9. The fraction of sp³-hybridized carbons (Fsp3) is 0.500. The minimum Gasteiger partial charge on any atom is -0.497 e. The number of rotatable bonds is 7. The molecule has 1 aliphatic heterocycles. The Bertz CT molecular complexity index is 1160. The number of hydrogen-bond donors (Lipinski definition) is 1. The molecule has 1 amide bonds. The van der Waals surface area contributed by atoms with Crippen molar-refractivity contribution in [3.63, 3.8) is 0 Å². The zero-order valence-electron chi connectivity index (χ0n) is 23.7. The first-order chi connectivity index (χ1) is 17.8. The second-order valence-electron chi connectivity index (χ2n) is 11.9. The van der Waals surface area contributed by atoms with Crippen LogP contribution in [0.5, 0.6) is 5.75 Å². The first-order valence-electron chi connectivity index (χ1n) is 13.2. The number of alkyl carbamates (subject to hydrolysis) is 1. The molecular weight excluding hydrogens is 498 g/mol. The van der Waals surface area contributed by atoms with E-state index in [1.54, 1.807) is 7.11 Å². The van der Waals surface area contributed by atoms with Crippen molar-refractivity contribution < 1.29 is 28.2 Å². The molecule has 1 N–H and O–H groups in total. The van der Waals surface area contributed by atoms with Gasteiger partial charge in [-0.15, -0.1) is 0 Å². The maximum absolute atomic E-state index is 13.1. The summed E-state index contributed by atoms with van der Waals surface area (Å²) in [6.45, 7) is 15.0. The number of carbonyl (C=O) groups is 1. The average molecular weight is 540 g/mol. The summed E-state index contributed by atoms with van der Waals surface area (Å²) in [6, 6.07) is 17.0. The molecule has 7 nitrogen and oxygen atoms in total. The summed E-state index contributed by atoms with van der Waals surface area (Å²) in [5, 5.41) is 3.04. The van der Waals surface area contributed by atoms with Crippen LogP contribution in [0.3, 0.4) is 0 Å². The van der Waals surface area contributed by atoms with Crippen LogP contribution in [-0.4, -0.2) is 51.7 Å². The Labute approximate surface area is 227 Å². The van der Waals surface area contributed by atoms with E-state index in [0.717, 1.165) is 22.4 Å². The molecule has 2 aromatic rings. The third-order valence-corrected chi connectivity index (χ3v) is 12.1. The fourth-order valence-corrected chi connectivity index (χ4v) is 5.92. The molecule has 38 heavy (non-hydrogen) atoms. The molecule has 0 spiro atoms. The Hall–Kier alpha value is -2.65. The van der Waals surface area contributed by atoms with Gasteiger partial charge in [0.1, 0.15) is 24.6 Å². The monoisotopic (exact) mass is 539 g/mol. The zero-order chi connectivity index (χ0) is 27.7. The normalized spacial score (nSPS) is 24.8. The smallest absolute Gasteiger partial charge is 0.408 e. The van der Waals surface area contributed by atoms with Gasteiger partial charge in [0, 0.05) is 0 Å². The predicted molar refractivity (Wildman–Crippen MR) is 150 cm³/mol. The van der Waals surface area contributed by atoms with E-state index in [2.05, 4.69) is 39.2 Å². The number of hydrogen-bond acceptors (Lipinski definition) is 6. The van der Waals surface area contributed by atoms with Crippen LogP contribution in [0.15, 0.2) is 60.7 Å². The third-order valence-electron chi connectivity index (χ3n) is 7.61. The Morgan fingerprint density at radius 2 is 1.76 bits per heavy atom. The summed E-state index contributed by atoms with van der Waals surface area (Å²) in [7, 11) is -0.611. The maximum atomic E-state index is 13.1. The van der Waals surface area contributed by atoms with Crippen molar-refractivity contribution in [3.8, 4) is 5.75 Å². The second-order valence-corrected chi connectivity index (χ2v) is 16.7. The molecule has 4 atom stereocenters. The number of fused-ring (bicyclic) bond motifs is 1. The number of ether oxygens (including phenoxy) is 4. The molecule has 0 aromatic heterocycles. The Morgan fingerprint density at radius 3 is 2.42 bits per heavy atom. The van der Waals surface area contributed by atoms with E-state index >= 15 is 0 Å². The average Bonchev–Trinajstić information content (AvgIpc) is 3.19. The van der Waals surface area contributed by atoms with Crippen molar-refractivity contribution in [2.75, 3.05) is 7.11 Å². The van der Waals surface area contributed by atoms with Gasteiger partial charge in [0.15, 0.2) is 14.1 Å². The molecule has 0 unspecified atom stereocenters. The summed E-state index contributed by atoms with van der Waals surface area (Å²) in [4.78, 5) is 13.1. The van der Waals surface area contributed by atoms with Gasteiger partial charge in [-0.05, 0) is 60.8 Å². The van der Waals surface area contributed by atoms with E-state index in [1.165, 1.54) is 0 Å². The molecule has 4 rings (SSSR count). The van der Waals surface area contributed by atoms with Crippen molar-refractivity contribution in [2.24, 2.45) is 0 Å². The van der Waals surface area contributed by atoms with E-state index in [-0.39, 0.29) is 17.7 Å². The van der Waals surface area contributed by atoms with E-state index in [9.17, 15) is 4.79 Å². The summed E-state index contributed by atoms with van der Waals surface area (Å²) in [5.41, 5.74) is 2.78. The van der Waals surface area contributed by atoms with Crippen molar-refractivity contribution in [3.05, 3.63) is 71.8 Å². The van der Waals surface area contributed by atoms with Crippen LogP contribution >= 0.6 is 0 Å². The van der Waals surface area contributed by atoms with Gasteiger partial charge in [-0.2, -0.15) is 0 Å². The molecule has 0 bridgehead atoms. The highest BCUT2D eigenvalue weighted by Gasteiger charge is 2.54. The van der Waals surface area contributed by atoms with Crippen LogP contribution in [0.2, 0.25) is 18.1 Å². The molecule has 206 valence electrons. The van der Waals surface area contributed by atoms with Crippen molar-refractivity contribution in [2.45, 2.75) is 89.5 Å². The summed E-state index contributed by atoms with van der Waals surface area (Å²) in [5.74, 6) is -0.0741. The Balaban J connectivity index is 1.70. The Morgan fingerprint density at radius 1 is 1.05 bits per heavy atom. The number of benzene rings is 2. The van der Waals surface area contributed by atoms with Gasteiger partial charge in [0.2, 0.25) is 0 Å². The highest BCUT2D eigenvalue weighted by atomic mass is 28.4. The minimum atomic E-state index is -2.26. The van der Waals surface area contributed by atoms with Crippen molar-refractivity contribution >= 4 is 20.0 Å². The van der Waals surface area contributed by atoms with Crippen LogP contribution in [0, 0.1) is 0 Å². The summed E-state index contributed by atoms with van der Waals surface area (Å²) in [6.07, 6.45) is 0.263. The van der Waals surface area contributed by atoms with Gasteiger partial charge < -0.3 is 28.7 Å². The lowest BCUT2D eigenvalue weighted by molar-refractivity contribution is -0.152. The van der Waals surface area contributed by atoms with Gasteiger partial charge in [0.05, 0.1) is 19.3 Å². The lowest BCUT2D eigenvalue weighted by atomic mass is 9.84. The standard InChI is InChI=1S/C30H41NO6Si/c1-29(2,3)38(7,8)37-26-24(31-28(32)34-19-20-13-10-9-11-14-20)18-23(21-15-12-16-22(17-21)33-6)25-27(26)36-30(4,5)35-25/h9-18,24-27H,19H2,1-8H3,(H,31,32)/t24-,25-,26-,27-/m1/s1. The van der Waals surface area contributed by atoms with Gasteiger partial charge >= 0.3 is 6.09 Å². The van der Waals surface area contributed by atoms with Crippen LogP contribution in [0.25, 0.3) is 5.57 Å². The predicted octanol–water partition coefficient (Wildman–Crippen LogP) is 6.30. The highest BCUT2D eigenvalue weighted by Crippen LogP contribution is 2.45. The molecule has 0 saturated carbocycles. The molecule has 1 saturated heterocycles. The van der Waals surface area contributed by atoms with Crippen LogP contribution in [-0.2, 0) is 25.2 Å². The third kappa shape index (κ3) is 6.31. The first kappa shape index (κ1) is 28.4. The number of carbonyl (C=O) groups excluding carboxylic acids is 1.